The van der Waals surface area contributed by atoms with Gasteiger partial charge in [-0.25, -0.2) is 0 Å². The van der Waals surface area contributed by atoms with Gasteiger partial charge in [-0.3, -0.25) is 0 Å². The highest BCUT2D eigenvalue weighted by molar-refractivity contribution is 6.30. The van der Waals surface area contributed by atoms with Gasteiger partial charge in [-0.1, -0.05) is 18.5 Å². The van der Waals surface area contributed by atoms with Crippen LogP contribution in [0.1, 0.15) is 18.9 Å². The third kappa shape index (κ3) is 3.87. The summed E-state index contributed by atoms with van der Waals surface area (Å²) in [5.74, 6) is 0.734. The quantitative estimate of drug-likeness (QED) is 0.853. The fraction of sp³-hybridized carbons (Fsp3) is 0.538. The van der Waals surface area contributed by atoms with Crippen LogP contribution in [-0.4, -0.2) is 31.5 Å². The maximum atomic E-state index is 10.4. The molecule has 0 aliphatic carbocycles. The summed E-state index contributed by atoms with van der Waals surface area (Å²) in [6, 6.07) is 5.39. The van der Waals surface area contributed by atoms with E-state index in [9.17, 15) is 5.11 Å². The van der Waals surface area contributed by atoms with E-state index in [4.69, 9.17) is 21.1 Å². The van der Waals surface area contributed by atoms with Crippen LogP contribution in [0.25, 0.3) is 0 Å². The molecule has 0 aromatic heterocycles. The average molecular weight is 259 g/mol. The molecule has 0 aliphatic rings. The first kappa shape index (κ1) is 14.3. The monoisotopic (exact) mass is 258 g/mol. The van der Waals surface area contributed by atoms with Gasteiger partial charge < -0.3 is 14.6 Å². The fourth-order valence-electron chi connectivity index (χ4n) is 1.79. The summed E-state index contributed by atoms with van der Waals surface area (Å²) < 4.78 is 10.3. The van der Waals surface area contributed by atoms with Crippen LogP contribution in [0, 0.1) is 0 Å². The summed E-state index contributed by atoms with van der Waals surface area (Å²) in [6.45, 7) is 2.22. The number of hydrogen-bond donors (Lipinski definition) is 1. The second-order valence-electron chi connectivity index (χ2n) is 4.14. The number of methoxy groups -OCH3 is 2. The Morgan fingerprint density at radius 1 is 1.35 bits per heavy atom. The van der Waals surface area contributed by atoms with Crippen molar-refractivity contribution >= 4 is 11.6 Å². The number of aliphatic hydroxyl groups is 1. The van der Waals surface area contributed by atoms with E-state index in [0.29, 0.717) is 24.5 Å². The molecule has 0 saturated carbocycles. The summed E-state index contributed by atoms with van der Waals surface area (Å²) in [7, 11) is 3.18. The lowest BCUT2D eigenvalue weighted by Gasteiger charge is -2.26. The molecule has 1 aromatic rings. The molecule has 1 aromatic carbocycles. The van der Waals surface area contributed by atoms with Crippen molar-refractivity contribution in [1.82, 2.24) is 0 Å². The first-order valence-electron chi connectivity index (χ1n) is 5.58. The molecule has 0 radical (unpaired) electrons. The molecule has 0 bridgehead atoms. The van der Waals surface area contributed by atoms with Gasteiger partial charge in [0.1, 0.15) is 5.75 Å². The van der Waals surface area contributed by atoms with E-state index >= 15 is 0 Å². The van der Waals surface area contributed by atoms with Crippen molar-refractivity contribution in [2.75, 3.05) is 20.8 Å². The second-order valence-corrected chi connectivity index (χ2v) is 4.58. The van der Waals surface area contributed by atoms with Crippen molar-refractivity contribution in [3.63, 3.8) is 0 Å². The topological polar surface area (TPSA) is 38.7 Å². The van der Waals surface area contributed by atoms with Crippen LogP contribution >= 0.6 is 11.6 Å². The van der Waals surface area contributed by atoms with Gasteiger partial charge in [0.25, 0.3) is 0 Å². The molecule has 0 saturated heterocycles. The molecular weight excluding hydrogens is 240 g/mol. The van der Waals surface area contributed by atoms with E-state index in [1.54, 1.807) is 26.4 Å². The van der Waals surface area contributed by atoms with Crippen molar-refractivity contribution in [2.45, 2.75) is 25.4 Å². The fourth-order valence-corrected chi connectivity index (χ4v) is 1.98. The molecule has 0 aliphatic heterocycles. The van der Waals surface area contributed by atoms with Gasteiger partial charge in [-0.05, 0) is 30.2 Å². The van der Waals surface area contributed by atoms with Crippen molar-refractivity contribution in [2.24, 2.45) is 0 Å². The highest BCUT2D eigenvalue weighted by atomic mass is 35.5. The van der Waals surface area contributed by atoms with E-state index in [0.717, 1.165) is 11.3 Å². The zero-order valence-electron chi connectivity index (χ0n) is 10.5. The van der Waals surface area contributed by atoms with Crippen LogP contribution in [0.2, 0.25) is 5.02 Å². The number of hydrogen-bond acceptors (Lipinski definition) is 3. The summed E-state index contributed by atoms with van der Waals surface area (Å²) in [5.41, 5.74) is 0.00796. The van der Waals surface area contributed by atoms with Crippen LogP contribution in [0.3, 0.4) is 0 Å². The largest absolute Gasteiger partial charge is 0.496 e. The normalized spacial score (nSPS) is 14.4. The van der Waals surface area contributed by atoms with Crippen molar-refractivity contribution in [1.29, 1.82) is 0 Å². The van der Waals surface area contributed by atoms with Crippen molar-refractivity contribution < 1.29 is 14.6 Å². The Balaban J connectivity index is 2.95. The Morgan fingerprint density at radius 2 is 2.06 bits per heavy atom. The number of halogens is 1. The molecule has 17 heavy (non-hydrogen) atoms. The molecule has 1 rings (SSSR count). The van der Waals surface area contributed by atoms with E-state index < -0.39 is 5.60 Å². The molecule has 1 unspecified atom stereocenters. The summed E-state index contributed by atoms with van der Waals surface area (Å²) in [4.78, 5) is 0. The third-order valence-corrected chi connectivity index (χ3v) is 3.07. The summed E-state index contributed by atoms with van der Waals surface area (Å²) in [5, 5.41) is 11.0. The maximum Gasteiger partial charge on any atom is 0.122 e. The first-order chi connectivity index (χ1) is 8.04. The molecule has 3 nitrogen and oxygen atoms in total. The van der Waals surface area contributed by atoms with Crippen LogP contribution in [0.4, 0.5) is 0 Å². The molecule has 1 atom stereocenters. The Morgan fingerprint density at radius 3 is 2.59 bits per heavy atom. The van der Waals surface area contributed by atoms with Gasteiger partial charge in [0, 0.05) is 18.6 Å². The standard InChI is InChI=1S/C13H19ClO3/c1-4-13(15,9-16-2)8-10-7-11(14)5-6-12(10)17-3/h5-7,15H,4,8-9H2,1-3H3. The van der Waals surface area contributed by atoms with Gasteiger partial charge in [-0.15, -0.1) is 0 Å². The lowest BCUT2D eigenvalue weighted by Crippen LogP contribution is -2.36. The van der Waals surface area contributed by atoms with Crippen LogP contribution in [0.15, 0.2) is 18.2 Å². The molecular formula is C13H19ClO3. The van der Waals surface area contributed by atoms with Gasteiger partial charge >= 0.3 is 0 Å². The minimum Gasteiger partial charge on any atom is -0.496 e. The summed E-state index contributed by atoms with van der Waals surface area (Å²) >= 11 is 5.95. The minimum atomic E-state index is -0.882. The van der Waals surface area contributed by atoms with E-state index in [1.807, 2.05) is 13.0 Å². The number of ether oxygens (including phenoxy) is 2. The molecule has 0 heterocycles. The summed E-state index contributed by atoms with van der Waals surface area (Å²) in [6.07, 6.45) is 1.07. The smallest absolute Gasteiger partial charge is 0.122 e. The molecule has 0 fully saturated rings. The number of benzene rings is 1. The van der Waals surface area contributed by atoms with Gasteiger partial charge in [0.15, 0.2) is 0 Å². The zero-order chi connectivity index (χ0) is 12.9. The Bertz CT molecular complexity index is 368. The van der Waals surface area contributed by atoms with Gasteiger partial charge in [0.05, 0.1) is 19.3 Å². The molecule has 4 heteroatoms. The van der Waals surface area contributed by atoms with E-state index in [-0.39, 0.29) is 0 Å². The van der Waals surface area contributed by atoms with Crippen molar-refractivity contribution in [3.8, 4) is 5.75 Å². The lowest BCUT2D eigenvalue weighted by molar-refractivity contribution is -0.0336. The molecule has 0 spiro atoms. The molecule has 0 amide bonds. The first-order valence-corrected chi connectivity index (χ1v) is 5.96. The predicted octanol–water partition coefficient (Wildman–Crippen LogP) is 2.68. The zero-order valence-corrected chi connectivity index (χ0v) is 11.3. The maximum absolute atomic E-state index is 10.4. The van der Waals surface area contributed by atoms with Crippen LogP contribution in [0.5, 0.6) is 5.75 Å². The van der Waals surface area contributed by atoms with Crippen molar-refractivity contribution in [3.05, 3.63) is 28.8 Å². The van der Waals surface area contributed by atoms with Gasteiger partial charge in [-0.2, -0.15) is 0 Å². The highest BCUT2D eigenvalue weighted by Gasteiger charge is 2.26. The average Bonchev–Trinajstić information content (AvgIpc) is 2.29. The lowest BCUT2D eigenvalue weighted by atomic mass is 9.92. The highest BCUT2D eigenvalue weighted by Crippen LogP contribution is 2.28. The second kappa shape index (κ2) is 6.24. The predicted molar refractivity (Wildman–Crippen MR) is 68.8 cm³/mol. The Labute approximate surface area is 107 Å². The Hall–Kier alpha value is -0.770. The molecule has 1 N–H and O–H groups in total. The third-order valence-electron chi connectivity index (χ3n) is 2.83. The Kier molecular flexibility index (Phi) is 5.25. The van der Waals surface area contributed by atoms with Crippen LogP contribution < -0.4 is 4.74 Å². The van der Waals surface area contributed by atoms with Crippen LogP contribution in [-0.2, 0) is 11.2 Å². The van der Waals surface area contributed by atoms with Gasteiger partial charge in [0.2, 0.25) is 0 Å². The SMILES string of the molecule is CCC(O)(COC)Cc1cc(Cl)ccc1OC. The molecule has 96 valence electrons. The minimum absolute atomic E-state index is 0.291. The number of rotatable bonds is 6. The van der Waals surface area contributed by atoms with E-state index in [1.165, 1.54) is 0 Å². The van der Waals surface area contributed by atoms with E-state index in [2.05, 4.69) is 0 Å².